The molecule has 1 aromatic heterocycles. The minimum atomic E-state index is -0.315. The lowest BCUT2D eigenvalue weighted by Gasteiger charge is -2.32. The predicted octanol–water partition coefficient (Wildman–Crippen LogP) is -0.0856. The molecule has 0 bridgehead atoms. The molecule has 0 saturated carbocycles. The molecule has 1 aliphatic rings. The summed E-state index contributed by atoms with van der Waals surface area (Å²) in [5.41, 5.74) is 0.760. The maximum absolute atomic E-state index is 12.1. The third-order valence-corrected chi connectivity index (χ3v) is 3.62. The topological polar surface area (TPSA) is 91.5 Å². The Morgan fingerprint density at radius 3 is 2.91 bits per heavy atom. The molecule has 1 fully saturated rings. The van der Waals surface area contributed by atoms with E-state index in [0.29, 0.717) is 43.9 Å². The highest BCUT2D eigenvalue weighted by molar-refractivity contribution is 5.94. The summed E-state index contributed by atoms with van der Waals surface area (Å²) in [6, 6.07) is 2.94. The normalized spacial score (nSPS) is 18.1. The maximum atomic E-state index is 12.1. The van der Waals surface area contributed by atoms with Gasteiger partial charge in [0.15, 0.2) is 0 Å². The molecule has 1 aliphatic heterocycles. The fourth-order valence-corrected chi connectivity index (χ4v) is 2.36. The maximum Gasteiger partial charge on any atom is 0.251 e. The zero-order valence-corrected chi connectivity index (χ0v) is 12.8. The van der Waals surface area contributed by atoms with Gasteiger partial charge in [-0.1, -0.05) is 6.92 Å². The number of amides is 2. The Labute approximate surface area is 128 Å². The van der Waals surface area contributed by atoms with Crippen LogP contribution < -0.4 is 10.9 Å². The fraction of sp³-hybridized carbons (Fsp3) is 0.533. The number of carbonyl (C=O) groups excluding carboxylic acids is 2. The molecule has 2 heterocycles. The number of ether oxygens (including phenoxy) is 1. The summed E-state index contributed by atoms with van der Waals surface area (Å²) in [7, 11) is 0. The Bertz CT molecular complexity index is 611. The Morgan fingerprint density at radius 1 is 1.45 bits per heavy atom. The van der Waals surface area contributed by atoms with Gasteiger partial charge < -0.3 is 19.9 Å². The van der Waals surface area contributed by atoms with Crippen LogP contribution in [0.3, 0.4) is 0 Å². The molecule has 0 radical (unpaired) electrons. The average Bonchev–Trinajstić information content (AvgIpc) is 2.52. The van der Waals surface area contributed by atoms with Crippen LogP contribution in [0.15, 0.2) is 16.9 Å². The van der Waals surface area contributed by atoms with E-state index in [1.54, 1.807) is 11.0 Å². The molecule has 0 unspecified atom stereocenters. The lowest BCUT2D eigenvalue weighted by atomic mass is 10.2. The van der Waals surface area contributed by atoms with Crippen LogP contribution >= 0.6 is 0 Å². The highest BCUT2D eigenvalue weighted by Crippen LogP contribution is 2.05. The van der Waals surface area contributed by atoms with E-state index in [1.165, 1.54) is 13.0 Å². The SMILES string of the molecule is CCc1cc(C(=O)NC[C@H]2CN(C(C)=O)CCO2)cc(=O)[nH]1. The van der Waals surface area contributed by atoms with Crippen molar-refractivity contribution in [3.05, 3.63) is 33.7 Å². The van der Waals surface area contributed by atoms with Gasteiger partial charge >= 0.3 is 0 Å². The Hall–Kier alpha value is -2.15. The van der Waals surface area contributed by atoms with Crippen LogP contribution in [0.1, 0.15) is 29.9 Å². The van der Waals surface area contributed by atoms with Crippen molar-refractivity contribution in [2.45, 2.75) is 26.4 Å². The zero-order valence-electron chi connectivity index (χ0n) is 12.8. The number of carbonyl (C=O) groups is 2. The first-order valence-electron chi connectivity index (χ1n) is 7.38. The van der Waals surface area contributed by atoms with E-state index in [0.717, 1.165) is 0 Å². The van der Waals surface area contributed by atoms with E-state index in [4.69, 9.17) is 4.74 Å². The fourth-order valence-electron chi connectivity index (χ4n) is 2.36. The Morgan fingerprint density at radius 2 is 2.23 bits per heavy atom. The second kappa shape index (κ2) is 7.22. The quantitative estimate of drug-likeness (QED) is 0.813. The molecule has 7 heteroatoms. The number of hydrogen-bond acceptors (Lipinski definition) is 4. The van der Waals surface area contributed by atoms with E-state index in [9.17, 15) is 14.4 Å². The van der Waals surface area contributed by atoms with Gasteiger partial charge in [-0.2, -0.15) is 0 Å². The highest BCUT2D eigenvalue weighted by Gasteiger charge is 2.22. The van der Waals surface area contributed by atoms with Crippen LogP contribution in [0.5, 0.6) is 0 Å². The zero-order chi connectivity index (χ0) is 16.1. The van der Waals surface area contributed by atoms with Gasteiger partial charge in [-0.05, 0) is 12.5 Å². The number of pyridine rings is 1. The molecule has 0 aliphatic carbocycles. The number of aromatic amines is 1. The lowest BCUT2D eigenvalue weighted by molar-refractivity contribution is -0.136. The standard InChI is InChI=1S/C15H21N3O4/c1-3-12-6-11(7-14(20)17-12)15(21)16-8-13-9-18(10(2)19)4-5-22-13/h6-7,13H,3-5,8-9H2,1-2H3,(H,16,21)(H,17,20)/t13-/m0/s1. The molecular formula is C15H21N3O4. The minimum Gasteiger partial charge on any atom is -0.373 e. The highest BCUT2D eigenvalue weighted by atomic mass is 16.5. The van der Waals surface area contributed by atoms with Crippen molar-refractivity contribution in [2.24, 2.45) is 0 Å². The van der Waals surface area contributed by atoms with Gasteiger partial charge in [0, 0.05) is 43.9 Å². The Balaban J connectivity index is 1.94. The third kappa shape index (κ3) is 4.17. The minimum absolute atomic E-state index is 0.00167. The number of aryl methyl sites for hydroxylation is 1. The number of rotatable bonds is 4. The number of nitrogens with one attached hydrogen (secondary N) is 2. The summed E-state index contributed by atoms with van der Waals surface area (Å²) in [5, 5.41) is 2.75. The van der Waals surface area contributed by atoms with Crippen LogP contribution in [-0.2, 0) is 16.0 Å². The second-order valence-corrected chi connectivity index (χ2v) is 5.28. The second-order valence-electron chi connectivity index (χ2n) is 5.28. The number of morpholine rings is 1. The predicted molar refractivity (Wildman–Crippen MR) is 80.8 cm³/mol. The van der Waals surface area contributed by atoms with Gasteiger partial charge in [0.05, 0.1) is 12.7 Å². The first-order chi connectivity index (χ1) is 10.5. The van der Waals surface area contributed by atoms with Crippen molar-refractivity contribution in [3.8, 4) is 0 Å². The molecule has 1 aromatic rings. The van der Waals surface area contributed by atoms with E-state index in [1.807, 2.05) is 6.92 Å². The van der Waals surface area contributed by atoms with Crippen LogP contribution in [0.4, 0.5) is 0 Å². The van der Waals surface area contributed by atoms with Gasteiger partial charge in [0.1, 0.15) is 0 Å². The molecule has 2 rings (SSSR count). The molecule has 2 amide bonds. The molecule has 7 nitrogen and oxygen atoms in total. The molecule has 22 heavy (non-hydrogen) atoms. The van der Waals surface area contributed by atoms with Crippen LogP contribution in [-0.4, -0.2) is 54.0 Å². The van der Waals surface area contributed by atoms with Crippen LogP contribution in [0.25, 0.3) is 0 Å². The summed E-state index contributed by atoms with van der Waals surface area (Å²) in [5.74, 6) is -0.314. The van der Waals surface area contributed by atoms with E-state index in [2.05, 4.69) is 10.3 Å². The first kappa shape index (κ1) is 16.2. The summed E-state index contributed by atoms with van der Waals surface area (Å²) >= 11 is 0. The summed E-state index contributed by atoms with van der Waals surface area (Å²) in [4.78, 5) is 39.3. The van der Waals surface area contributed by atoms with Crippen molar-refractivity contribution in [1.29, 1.82) is 0 Å². The Kier molecular flexibility index (Phi) is 5.32. The van der Waals surface area contributed by atoms with Crippen molar-refractivity contribution in [1.82, 2.24) is 15.2 Å². The summed E-state index contributed by atoms with van der Waals surface area (Å²) in [6.45, 7) is 5.23. The molecule has 1 saturated heterocycles. The van der Waals surface area contributed by atoms with Crippen molar-refractivity contribution >= 4 is 11.8 Å². The van der Waals surface area contributed by atoms with Gasteiger partial charge in [0.2, 0.25) is 11.5 Å². The van der Waals surface area contributed by atoms with Gasteiger partial charge in [-0.25, -0.2) is 0 Å². The third-order valence-electron chi connectivity index (χ3n) is 3.62. The monoisotopic (exact) mass is 307 g/mol. The van der Waals surface area contributed by atoms with E-state index in [-0.39, 0.29) is 23.5 Å². The molecule has 0 aromatic carbocycles. The van der Waals surface area contributed by atoms with Gasteiger partial charge in [-0.15, -0.1) is 0 Å². The number of nitrogens with zero attached hydrogens (tertiary/aromatic N) is 1. The van der Waals surface area contributed by atoms with Crippen LogP contribution in [0.2, 0.25) is 0 Å². The lowest BCUT2D eigenvalue weighted by Crippen LogP contribution is -2.49. The number of aromatic nitrogens is 1. The molecule has 1 atom stereocenters. The van der Waals surface area contributed by atoms with Crippen molar-refractivity contribution < 1.29 is 14.3 Å². The molecule has 2 N–H and O–H groups in total. The van der Waals surface area contributed by atoms with E-state index >= 15 is 0 Å². The van der Waals surface area contributed by atoms with Gasteiger partial charge in [-0.3, -0.25) is 14.4 Å². The molecular weight excluding hydrogens is 286 g/mol. The van der Waals surface area contributed by atoms with Crippen LogP contribution in [0, 0.1) is 0 Å². The summed E-state index contributed by atoms with van der Waals surface area (Å²) < 4.78 is 5.54. The number of hydrogen-bond donors (Lipinski definition) is 2. The average molecular weight is 307 g/mol. The van der Waals surface area contributed by atoms with Crippen molar-refractivity contribution in [3.63, 3.8) is 0 Å². The summed E-state index contributed by atoms with van der Waals surface area (Å²) in [6.07, 6.45) is 0.421. The number of H-pyrrole nitrogens is 1. The molecule has 0 spiro atoms. The largest absolute Gasteiger partial charge is 0.373 e. The van der Waals surface area contributed by atoms with Crippen molar-refractivity contribution in [2.75, 3.05) is 26.2 Å². The van der Waals surface area contributed by atoms with E-state index < -0.39 is 0 Å². The molecule has 120 valence electrons. The first-order valence-corrected chi connectivity index (χ1v) is 7.38. The smallest absolute Gasteiger partial charge is 0.251 e. The van der Waals surface area contributed by atoms with Gasteiger partial charge in [0.25, 0.3) is 5.91 Å².